The van der Waals surface area contributed by atoms with Crippen LogP contribution in [-0.4, -0.2) is 20.3 Å². The summed E-state index contributed by atoms with van der Waals surface area (Å²) < 4.78 is 6.81. The SMILES string of the molecule is CC.Cc1cccc(C(=O)NO)c1COc1ccn(S)n1. The molecular formula is C14H19N3O3S. The molecule has 0 aliphatic heterocycles. The molecule has 1 aromatic heterocycles. The van der Waals surface area contributed by atoms with Gasteiger partial charge in [-0.25, -0.2) is 9.57 Å². The van der Waals surface area contributed by atoms with Gasteiger partial charge in [0.05, 0.1) is 0 Å². The van der Waals surface area contributed by atoms with Gasteiger partial charge < -0.3 is 4.74 Å². The first-order valence-corrected chi connectivity index (χ1v) is 6.92. The maximum Gasteiger partial charge on any atom is 0.275 e. The van der Waals surface area contributed by atoms with Crippen molar-refractivity contribution >= 4 is 18.7 Å². The van der Waals surface area contributed by atoms with E-state index in [9.17, 15) is 4.79 Å². The Labute approximate surface area is 129 Å². The minimum atomic E-state index is -0.568. The van der Waals surface area contributed by atoms with Gasteiger partial charge in [0.15, 0.2) is 0 Å². The van der Waals surface area contributed by atoms with Crippen LogP contribution in [0.5, 0.6) is 5.88 Å². The second kappa shape index (κ2) is 8.33. The molecule has 2 aromatic rings. The first kappa shape index (κ1) is 17.1. The Hall–Kier alpha value is -1.99. The Kier molecular flexibility index (Phi) is 6.77. The Balaban J connectivity index is 0.00000106. The third-order valence-electron chi connectivity index (χ3n) is 2.67. The fourth-order valence-corrected chi connectivity index (χ4v) is 1.84. The number of thiol groups is 1. The summed E-state index contributed by atoms with van der Waals surface area (Å²) in [5, 5.41) is 12.7. The first-order chi connectivity index (χ1) is 10.1. The number of nitrogens with zero attached hydrogens (tertiary/aromatic N) is 2. The molecular weight excluding hydrogens is 290 g/mol. The molecule has 7 heteroatoms. The van der Waals surface area contributed by atoms with Crippen LogP contribution in [-0.2, 0) is 6.61 Å². The van der Waals surface area contributed by atoms with Crippen molar-refractivity contribution in [1.82, 2.24) is 14.7 Å². The van der Waals surface area contributed by atoms with Crippen LogP contribution >= 0.6 is 12.8 Å². The largest absolute Gasteiger partial charge is 0.472 e. The van der Waals surface area contributed by atoms with E-state index in [0.29, 0.717) is 17.0 Å². The first-order valence-electron chi connectivity index (χ1n) is 6.52. The van der Waals surface area contributed by atoms with Gasteiger partial charge in [-0.15, -0.1) is 5.10 Å². The van der Waals surface area contributed by atoms with Crippen LogP contribution in [0.3, 0.4) is 0 Å². The van der Waals surface area contributed by atoms with Crippen molar-refractivity contribution in [2.45, 2.75) is 27.4 Å². The van der Waals surface area contributed by atoms with Gasteiger partial charge in [0, 0.05) is 23.4 Å². The van der Waals surface area contributed by atoms with Crippen LogP contribution in [0.15, 0.2) is 30.5 Å². The molecule has 0 fully saturated rings. The molecule has 1 aromatic carbocycles. The Morgan fingerprint density at radius 2 is 2.14 bits per heavy atom. The fraction of sp³-hybridized carbons (Fsp3) is 0.286. The molecule has 0 radical (unpaired) electrons. The number of nitrogens with one attached hydrogen (secondary N) is 1. The molecule has 0 atom stereocenters. The Bertz CT molecular complexity index is 599. The summed E-state index contributed by atoms with van der Waals surface area (Å²) in [7, 11) is 0. The minimum Gasteiger partial charge on any atom is -0.472 e. The van der Waals surface area contributed by atoms with E-state index in [2.05, 4.69) is 17.9 Å². The Morgan fingerprint density at radius 3 is 2.71 bits per heavy atom. The predicted octanol–water partition coefficient (Wildman–Crippen LogP) is 2.61. The molecule has 6 nitrogen and oxygen atoms in total. The molecule has 0 bridgehead atoms. The lowest BCUT2D eigenvalue weighted by atomic mass is 10.0. The third kappa shape index (κ3) is 4.51. The number of amides is 1. The highest BCUT2D eigenvalue weighted by Gasteiger charge is 2.13. The normalized spacial score (nSPS) is 9.57. The highest BCUT2D eigenvalue weighted by Crippen LogP contribution is 2.17. The molecule has 114 valence electrons. The number of carbonyl (C=O) groups is 1. The van der Waals surface area contributed by atoms with E-state index in [4.69, 9.17) is 9.94 Å². The maximum atomic E-state index is 11.6. The fourth-order valence-electron chi connectivity index (χ4n) is 1.69. The number of carbonyl (C=O) groups excluding carboxylic acids is 1. The monoisotopic (exact) mass is 309 g/mol. The van der Waals surface area contributed by atoms with Crippen molar-refractivity contribution in [3.05, 3.63) is 47.2 Å². The van der Waals surface area contributed by atoms with E-state index in [1.54, 1.807) is 29.9 Å². The summed E-state index contributed by atoms with van der Waals surface area (Å²) in [6, 6.07) is 6.89. The van der Waals surface area contributed by atoms with Gasteiger partial charge in [-0.1, -0.05) is 26.0 Å². The molecule has 1 amide bonds. The lowest BCUT2D eigenvalue weighted by Gasteiger charge is -2.11. The van der Waals surface area contributed by atoms with Crippen molar-refractivity contribution < 1.29 is 14.7 Å². The van der Waals surface area contributed by atoms with Crippen molar-refractivity contribution in [3.63, 3.8) is 0 Å². The summed E-state index contributed by atoms with van der Waals surface area (Å²) in [4.78, 5) is 11.6. The van der Waals surface area contributed by atoms with Crippen LogP contribution in [0.25, 0.3) is 0 Å². The van der Waals surface area contributed by atoms with E-state index in [1.807, 2.05) is 26.8 Å². The summed E-state index contributed by atoms with van der Waals surface area (Å²) in [5.41, 5.74) is 3.58. The average Bonchev–Trinajstić information content (AvgIpc) is 2.92. The minimum absolute atomic E-state index is 0.181. The topological polar surface area (TPSA) is 76.4 Å². The zero-order chi connectivity index (χ0) is 15.8. The molecule has 2 rings (SSSR count). The molecule has 0 spiro atoms. The number of hydroxylamine groups is 1. The highest BCUT2D eigenvalue weighted by atomic mass is 32.1. The number of aromatic nitrogens is 2. The van der Waals surface area contributed by atoms with Gasteiger partial charge >= 0.3 is 0 Å². The number of rotatable bonds is 4. The van der Waals surface area contributed by atoms with Gasteiger partial charge in [0.2, 0.25) is 5.88 Å². The molecule has 0 aliphatic carbocycles. The second-order valence-electron chi connectivity index (χ2n) is 3.90. The van der Waals surface area contributed by atoms with Crippen molar-refractivity contribution in [2.24, 2.45) is 0 Å². The number of aryl methyl sites for hydroxylation is 1. The number of hydrogen-bond donors (Lipinski definition) is 3. The van der Waals surface area contributed by atoms with Gasteiger partial charge in [-0.05, 0) is 31.4 Å². The molecule has 0 saturated carbocycles. The van der Waals surface area contributed by atoms with Gasteiger partial charge in [0.1, 0.15) is 6.61 Å². The molecule has 1 heterocycles. The number of benzene rings is 1. The van der Waals surface area contributed by atoms with E-state index >= 15 is 0 Å². The van der Waals surface area contributed by atoms with Gasteiger partial charge in [0.25, 0.3) is 5.91 Å². The lowest BCUT2D eigenvalue weighted by molar-refractivity contribution is 0.0703. The summed E-state index contributed by atoms with van der Waals surface area (Å²) in [5.74, 6) is -0.157. The van der Waals surface area contributed by atoms with Crippen molar-refractivity contribution in [3.8, 4) is 5.88 Å². The van der Waals surface area contributed by atoms with Gasteiger partial charge in [-0.3, -0.25) is 10.0 Å². The lowest BCUT2D eigenvalue weighted by Crippen LogP contribution is -2.21. The zero-order valence-corrected chi connectivity index (χ0v) is 13.1. The highest BCUT2D eigenvalue weighted by molar-refractivity contribution is 7.78. The van der Waals surface area contributed by atoms with E-state index in [-0.39, 0.29) is 6.61 Å². The Morgan fingerprint density at radius 1 is 1.43 bits per heavy atom. The second-order valence-corrected chi connectivity index (χ2v) is 4.31. The zero-order valence-electron chi connectivity index (χ0n) is 12.2. The van der Waals surface area contributed by atoms with Crippen molar-refractivity contribution in [1.29, 1.82) is 0 Å². The number of ether oxygens (including phenoxy) is 1. The molecule has 0 aliphatic rings. The summed E-state index contributed by atoms with van der Waals surface area (Å²) in [6.07, 6.45) is 1.64. The van der Waals surface area contributed by atoms with Crippen LogP contribution in [0.4, 0.5) is 0 Å². The summed E-state index contributed by atoms with van der Waals surface area (Å²) >= 11 is 4.00. The van der Waals surface area contributed by atoms with Crippen LogP contribution in [0, 0.1) is 6.92 Å². The van der Waals surface area contributed by atoms with Crippen LogP contribution in [0.2, 0.25) is 0 Å². The third-order valence-corrected chi connectivity index (χ3v) is 2.90. The smallest absolute Gasteiger partial charge is 0.275 e. The predicted molar refractivity (Wildman–Crippen MR) is 82.7 cm³/mol. The number of hydrogen-bond acceptors (Lipinski definition) is 5. The van der Waals surface area contributed by atoms with E-state index < -0.39 is 5.91 Å². The standard InChI is InChI=1S/C12H13N3O3S.C2H6/c1-8-3-2-4-9(12(16)14-17)10(8)7-18-11-5-6-15(19)13-11;1-2/h2-6,17,19H,7H2,1H3,(H,14,16);1-2H3. The van der Waals surface area contributed by atoms with Crippen molar-refractivity contribution in [2.75, 3.05) is 0 Å². The van der Waals surface area contributed by atoms with E-state index in [0.717, 1.165) is 5.56 Å². The van der Waals surface area contributed by atoms with Crippen LogP contribution in [0.1, 0.15) is 35.3 Å². The molecule has 0 saturated heterocycles. The average molecular weight is 309 g/mol. The maximum absolute atomic E-state index is 11.6. The molecule has 0 unspecified atom stereocenters. The van der Waals surface area contributed by atoms with Crippen LogP contribution < -0.4 is 10.2 Å². The van der Waals surface area contributed by atoms with E-state index in [1.165, 1.54) is 4.09 Å². The molecule has 21 heavy (non-hydrogen) atoms. The summed E-state index contributed by atoms with van der Waals surface area (Å²) in [6.45, 7) is 6.05. The van der Waals surface area contributed by atoms with Gasteiger partial charge in [-0.2, -0.15) is 0 Å². The molecule has 2 N–H and O–H groups in total. The quantitative estimate of drug-likeness (QED) is 0.461.